The molecule has 1 aromatic heterocycles. The summed E-state index contributed by atoms with van der Waals surface area (Å²) in [7, 11) is 1.97. The summed E-state index contributed by atoms with van der Waals surface area (Å²) in [6, 6.07) is 7.51. The second-order valence-corrected chi connectivity index (χ2v) is 7.73. The van der Waals surface area contributed by atoms with Crippen molar-refractivity contribution in [2.45, 2.75) is 26.8 Å². The minimum Gasteiger partial charge on any atom is -0.357 e. The van der Waals surface area contributed by atoms with Crippen LogP contribution in [0.1, 0.15) is 24.0 Å². The van der Waals surface area contributed by atoms with Crippen LogP contribution in [0.15, 0.2) is 39.1 Å². The molecular formula is C18H25BrIN5OS. The molecule has 27 heavy (non-hydrogen) atoms. The summed E-state index contributed by atoms with van der Waals surface area (Å²) in [6.07, 6.45) is 0.328. The first-order valence-electron chi connectivity index (χ1n) is 8.43. The molecule has 9 heteroatoms. The van der Waals surface area contributed by atoms with Gasteiger partial charge in [0.1, 0.15) is 0 Å². The predicted molar refractivity (Wildman–Crippen MR) is 127 cm³/mol. The van der Waals surface area contributed by atoms with Crippen LogP contribution in [0.3, 0.4) is 0 Å². The average Bonchev–Trinajstić information content (AvgIpc) is 3.01. The molecule has 0 saturated carbocycles. The Morgan fingerprint density at radius 1 is 1.33 bits per heavy atom. The van der Waals surface area contributed by atoms with Crippen LogP contribution in [0.4, 0.5) is 5.69 Å². The minimum atomic E-state index is -0.0512. The molecule has 1 heterocycles. The van der Waals surface area contributed by atoms with Gasteiger partial charge in [0.05, 0.1) is 23.8 Å². The lowest BCUT2D eigenvalue weighted by Crippen LogP contribution is -2.38. The Morgan fingerprint density at radius 2 is 2.04 bits per heavy atom. The molecule has 0 aliphatic carbocycles. The molecule has 0 fully saturated rings. The molecular weight excluding hydrogens is 541 g/mol. The van der Waals surface area contributed by atoms with Crippen molar-refractivity contribution in [2.75, 3.05) is 25.5 Å². The third kappa shape index (κ3) is 8.56. The van der Waals surface area contributed by atoms with Gasteiger partial charge in [0.2, 0.25) is 5.91 Å². The highest BCUT2D eigenvalue weighted by Crippen LogP contribution is 2.14. The first-order chi connectivity index (χ1) is 12.5. The Kier molecular flexibility index (Phi) is 10.9. The van der Waals surface area contributed by atoms with E-state index < -0.39 is 0 Å². The van der Waals surface area contributed by atoms with E-state index in [0.717, 1.165) is 33.4 Å². The largest absolute Gasteiger partial charge is 0.357 e. The van der Waals surface area contributed by atoms with Crippen LogP contribution in [0.25, 0.3) is 0 Å². The normalized spacial score (nSPS) is 10.9. The highest BCUT2D eigenvalue weighted by Gasteiger charge is 2.09. The van der Waals surface area contributed by atoms with Crippen molar-refractivity contribution in [2.24, 2.45) is 4.99 Å². The van der Waals surface area contributed by atoms with Gasteiger partial charge in [-0.1, -0.05) is 15.9 Å². The van der Waals surface area contributed by atoms with Crippen LogP contribution in [-0.2, 0) is 11.3 Å². The molecule has 0 atom stereocenters. The molecule has 0 aliphatic heterocycles. The van der Waals surface area contributed by atoms with E-state index in [1.807, 2.05) is 50.1 Å². The maximum Gasteiger partial charge on any atom is 0.226 e. The molecule has 0 radical (unpaired) electrons. The van der Waals surface area contributed by atoms with Gasteiger partial charge in [0.25, 0.3) is 0 Å². The summed E-state index contributed by atoms with van der Waals surface area (Å²) >= 11 is 5.02. The second kappa shape index (κ2) is 12.3. The molecule has 0 aliphatic rings. The fourth-order valence-corrected chi connectivity index (χ4v) is 3.16. The van der Waals surface area contributed by atoms with E-state index in [1.54, 1.807) is 11.3 Å². The summed E-state index contributed by atoms with van der Waals surface area (Å²) in [5.74, 6) is 0.722. The van der Waals surface area contributed by atoms with Gasteiger partial charge < -0.3 is 15.5 Å². The number of rotatable bonds is 7. The number of guanidine groups is 1. The van der Waals surface area contributed by atoms with Gasteiger partial charge in [-0.25, -0.2) is 4.98 Å². The molecule has 1 aromatic carbocycles. The number of aryl methyl sites for hydroxylation is 1. The number of halogens is 2. The van der Waals surface area contributed by atoms with Crippen molar-refractivity contribution < 1.29 is 4.79 Å². The van der Waals surface area contributed by atoms with Gasteiger partial charge in [-0.2, -0.15) is 0 Å². The van der Waals surface area contributed by atoms with Crippen molar-refractivity contribution in [1.29, 1.82) is 0 Å². The first-order valence-corrected chi connectivity index (χ1v) is 10.1. The number of hydrogen-bond acceptors (Lipinski definition) is 4. The van der Waals surface area contributed by atoms with E-state index in [0.29, 0.717) is 19.5 Å². The average molecular weight is 566 g/mol. The van der Waals surface area contributed by atoms with Crippen molar-refractivity contribution in [3.05, 3.63) is 44.8 Å². The molecule has 0 spiro atoms. The van der Waals surface area contributed by atoms with Gasteiger partial charge in [0, 0.05) is 35.6 Å². The lowest BCUT2D eigenvalue weighted by atomic mass is 10.3. The van der Waals surface area contributed by atoms with Crippen molar-refractivity contribution in [3.63, 3.8) is 0 Å². The predicted octanol–water partition coefficient (Wildman–Crippen LogP) is 4.26. The van der Waals surface area contributed by atoms with Gasteiger partial charge >= 0.3 is 0 Å². The molecule has 6 nitrogen and oxygen atoms in total. The number of carbonyl (C=O) groups is 1. The van der Waals surface area contributed by atoms with Crippen LogP contribution in [-0.4, -0.2) is 41.9 Å². The Hall–Kier alpha value is -1.20. The van der Waals surface area contributed by atoms with E-state index in [1.165, 1.54) is 0 Å². The standard InChI is InChI=1S/C18H24BrN5OS.HI/c1-4-20-18(24(3)11-16-12-26-13(2)22-16)21-10-9-17(25)23-15-7-5-14(19)6-8-15;/h5-8,12H,4,9-11H2,1-3H3,(H,20,21)(H,23,25);1H. The van der Waals surface area contributed by atoms with Crippen LogP contribution in [0.5, 0.6) is 0 Å². The number of anilines is 1. The zero-order chi connectivity index (χ0) is 18.9. The molecule has 0 unspecified atom stereocenters. The van der Waals surface area contributed by atoms with Crippen molar-refractivity contribution >= 4 is 68.8 Å². The summed E-state index contributed by atoms with van der Waals surface area (Å²) < 4.78 is 0.980. The minimum absolute atomic E-state index is 0. The van der Waals surface area contributed by atoms with Crippen LogP contribution in [0, 0.1) is 6.92 Å². The summed E-state index contributed by atoms with van der Waals surface area (Å²) in [4.78, 5) is 23.1. The SMILES string of the molecule is CCNC(=NCCC(=O)Nc1ccc(Br)cc1)N(C)Cc1csc(C)n1.I. The van der Waals surface area contributed by atoms with Crippen molar-refractivity contribution in [3.8, 4) is 0 Å². The fraction of sp³-hybridized carbons (Fsp3) is 0.389. The molecule has 2 aromatic rings. The van der Waals surface area contributed by atoms with E-state index in [4.69, 9.17) is 0 Å². The zero-order valence-electron chi connectivity index (χ0n) is 15.7. The maximum atomic E-state index is 12.1. The molecule has 0 bridgehead atoms. The third-order valence-corrected chi connectivity index (χ3v) is 4.84. The summed E-state index contributed by atoms with van der Waals surface area (Å²) in [5.41, 5.74) is 1.80. The Morgan fingerprint density at radius 3 is 2.63 bits per heavy atom. The topological polar surface area (TPSA) is 69.6 Å². The van der Waals surface area contributed by atoms with E-state index in [2.05, 4.69) is 41.9 Å². The Bertz CT molecular complexity index is 750. The number of hydrogen-bond donors (Lipinski definition) is 2. The van der Waals surface area contributed by atoms with E-state index in [-0.39, 0.29) is 29.9 Å². The van der Waals surface area contributed by atoms with E-state index >= 15 is 0 Å². The Labute approximate surface area is 190 Å². The molecule has 0 saturated heterocycles. The summed E-state index contributed by atoms with van der Waals surface area (Å²) in [6.45, 7) is 5.89. The first kappa shape index (κ1) is 23.8. The number of nitrogens with zero attached hydrogens (tertiary/aromatic N) is 3. The Balaban J connectivity index is 0.00000364. The van der Waals surface area contributed by atoms with E-state index in [9.17, 15) is 4.79 Å². The smallest absolute Gasteiger partial charge is 0.226 e. The lowest BCUT2D eigenvalue weighted by molar-refractivity contribution is -0.116. The molecule has 1 amide bonds. The van der Waals surface area contributed by atoms with Gasteiger partial charge in [-0.3, -0.25) is 9.79 Å². The number of aliphatic imine (C=N–C) groups is 1. The number of thiazole rings is 1. The maximum absolute atomic E-state index is 12.1. The van der Waals surface area contributed by atoms with Crippen LogP contribution in [0.2, 0.25) is 0 Å². The monoisotopic (exact) mass is 565 g/mol. The number of aromatic nitrogens is 1. The lowest BCUT2D eigenvalue weighted by Gasteiger charge is -2.21. The quantitative estimate of drug-likeness (QED) is 0.299. The summed E-state index contributed by atoms with van der Waals surface area (Å²) in [5, 5.41) is 9.24. The number of nitrogens with one attached hydrogen (secondary N) is 2. The number of benzene rings is 1. The number of amides is 1. The van der Waals surface area contributed by atoms with Gasteiger partial charge in [-0.15, -0.1) is 35.3 Å². The highest BCUT2D eigenvalue weighted by molar-refractivity contribution is 14.0. The van der Waals surface area contributed by atoms with Gasteiger partial charge in [-0.05, 0) is 38.1 Å². The van der Waals surface area contributed by atoms with Crippen LogP contribution < -0.4 is 10.6 Å². The fourth-order valence-electron chi connectivity index (χ4n) is 2.29. The third-order valence-electron chi connectivity index (χ3n) is 3.49. The van der Waals surface area contributed by atoms with Crippen LogP contribution >= 0.6 is 51.2 Å². The number of carbonyl (C=O) groups excluding carboxylic acids is 1. The highest BCUT2D eigenvalue weighted by atomic mass is 127. The molecule has 2 rings (SSSR count). The molecule has 2 N–H and O–H groups in total. The second-order valence-electron chi connectivity index (χ2n) is 5.75. The molecule has 148 valence electrons. The zero-order valence-corrected chi connectivity index (χ0v) is 20.4. The van der Waals surface area contributed by atoms with Crippen molar-refractivity contribution in [1.82, 2.24) is 15.2 Å². The van der Waals surface area contributed by atoms with Gasteiger partial charge in [0.15, 0.2) is 5.96 Å².